The highest BCUT2D eigenvalue weighted by Crippen LogP contribution is 2.40. The molecule has 0 spiro atoms. The monoisotopic (exact) mass is 421 g/mol. The van der Waals surface area contributed by atoms with Gasteiger partial charge in [-0.15, -0.1) is 5.10 Å². The van der Waals surface area contributed by atoms with Crippen molar-refractivity contribution in [1.29, 1.82) is 0 Å². The molecule has 1 aromatic carbocycles. The van der Waals surface area contributed by atoms with E-state index in [1.165, 1.54) is 12.1 Å². The van der Waals surface area contributed by atoms with Crippen LogP contribution in [0.2, 0.25) is 0 Å². The van der Waals surface area contributed by atoms with Crippen LogP contribution in [0.15, 0.2) is 30.5 Å². The number of hydrogen-bond donors (Lipinski definition) is 3. The highest BCUT2D eigenvalue weighted by molar-refractivity contribution is 5.30. The summed E-state index contributed by atoms with van der Waals surface area (Å²) in [4.78, 5) is 4.24. The first-order valence-corrected chi connectivity index (χ1v) is 9.56. The summed E-state index contributed by atoms with van der Waals surface area (Å²) >= 11 is 0. The third-order valence-corrected chi connectivity index (χ3v) is 5.28. The maximum Gasteiger partial charge on any atom is 0.416 e. The molecule has 0 saturated carbocycles. The van der Waals surface area contributed by atoms with Gasteiger partial charge in [0.15, 0.2) is 5.82 Å². The molecular formula is C19H22F3N7O. The van der Waals surface area contributed by atoms with Crippen LogP contribution in [0.3, 0.4) is 0 Å². The van der Waals surface area contributed by atoms with Crippen LogP contribution in [-0.4, -0.2) is 41.3 Å². The summed E-state index contributed by atoms with van der Waals surface area (Å²) in [5.41, 5.74) is -0.917. The van der Waals surface area contributed by atoms with Gasteiger partial charge in [0.2, 0.25) is 0 Å². The fourth-order valence-electron chi connectivity index (χ4n) is 3.94. The maximum absolute atomic E-state index is 12.9. The molecule has 0 aliphatic carbocycles. The molecule has 3 atom stereocenters. The Labute approximate surface area is 170 Å². The number of piperidine rings is 1. The lowest BCUT2D eigenvalue weighted by Crippen LogP contribution is -2.47. The van der Waals surface area contributed by atoms with Gasteiger partial charge in [-0.1, -0.05) is 17.3 Å². The summed E-state index contributed by atoms with van der Waals surface area (Å²) in [5.74, 6) is 1.28. The van der Waals surface area contributed by atoms with Gasteiger partial charge in [-0.2, -0.15) is 18.3 Å². The molecule has 0 amide bonds. The normalized spacial score (nSPS) is 24.9. The minimum Gasteiger partial charge on any atom is -0.385 e. The topological polar surface area (TPSA) is 105 Å². The second kappa shape index (κ2) is 7.47. The van der Waals surface area contributed by atoms with E-state index < -0.39 is 17.3 Å². The van der Waals surface area contributed by atoms with E-state index in [2.05, 4.69) is 30.8 Å². The average Bonchev–Trinajstić information content (AvgIpc) is 3.30. The predicted molar refractivity (Wildman–Crippen MR) is 100 cm³/mol. The summed E-state index contributed by atoms with van der Waals surface area (Å²) in [6.07, 6.45) is -2.01. The molecule has 1 saturated heterocycles. The van der Waals surface area contributed by atoms with Gasteiger partial charge in [-0.3, -0.25) is 5.10 Å². The number of nitrogens with zero attached hydrogens (tertiary/aromatic N) is 5. The Kier molecular flexibility index (Phi) is 5.10. The lowest BCUT2D eigenvalue weighted by atomic mass is 9.78. The van der Waals surface area contributed by atoms with Crippen LogP contribution >= 0.6 is 0 Å². The van der Waals surface area contributed by atoms with Gasteiger partial charge < -0.3 is 10.4 Å². The van der Waals surface area contributed by atoms with Crippen molar-refractivity contribution in [3.05, 3.63) is 58.9 Å². The number of H-pyrrole nitrogens is 1. The maximum atomic E-state index is 12.9. The average molecular weight is 421 g/mol. The third kappa shape index (κ3) is 4.21. The van der Waals surface area contributed by atoms with Crippen LogP contribution in [-0.2, 0) is 18.3 Å². The first-order chi connectivity index (χ1) is 14.1. The van der Waals surface area contributed by atoms with E-state index in [0.29, 0.717) is 35.9 Å². The molecule has 1 aliphatic rings. The predicted octanol–water partition coefficient (Wildman–Crippen LogP) is 2.47. The smallest absolute Gasteiger partial charge is 0.385 e. The molecule has 30 heavy (non-hydrogen) atoms. The number of hydrogen-bond acceptors (Lipinski definition) is 6. The zero-order valence-electron chi connectivity index (χ0n) is 16.5. The molecule has 1 aliphatic heterocycles. The Bertz CT molecular complexity index is 1010. The summed E-state index contributed by atoms with van der Waals surface area (Å²) < 4.78 is 40.2. The quantitative estimate of drug-likeness (QED) is 0.598. The van der Waals surface area contributed by atoms with Crippen LogP contribution in [0.5, 0.6) is 0 Å². The molecule has 3 heterocycles. The van der Waals surface area contributed by atoms with E-state index in [1.807, 2.05) is 6.92 Å². The minimum atomic E-state index is -4.41. The zero-order valence-corrected chi connectivity index (χ0v) is 16.5. The summed E-state index contributed by atoms with van der Waals surface area (Å²) in [6.45, 7) is 4.07. The Hall–Kier alpha value is -2.79. The molecule has 160 valence electrons. The van der Waals surface area contributed by atoms with E-state index in [-0.39, 0.29) is 18.5 Å². The first kappa shape index (κ1) is 20.5. The van der Waals surface area contributed by atoms with Crippen LogP contribution in [0.4, 0.5) is 13.2 Å². The van der Waals surface area contributed by atoms with Gasteiger partial charge in [0.1, 0.15) is 12.4 Å². The van der Waals surface area contributed by atoms with Gasteiger partial charge in [0, 0.05) is 12.5 Å². The van der Waals surface area contributed by atoms with Gasteiger partial charge in [0.05, 0.1) is 29.1 Å². The van der Waals surface area contributed by atoms with E-state index in [1.54, 1.807) is 17.8 Å². The van der Waals surface area contributed by atoms with Crippen molar-refractivity contribution in [2.24, 2.45) is 0 Å². The molecule has 1 fully saturated rings. The molecule has 8 nitrogen and oxygen atoms in total. The number of aliphatic hydroxyl groups is 1. The SMILES string of the molecule is Cc1nc(Cn2cc([C@@H]3CC(O)(c4ccc(C(F)(F)F)cc4)C[C@H](C)N3)nn2)n[nH]1. The highest BCUT2D eigenvalue weighted by atomic mass is 19.4. The van der Waals surface area contributed by atoms with Crippen molar-refractivity contribution in [3.8, 4) is 0 Å². The number of aromatic nitrogens is 6. The number of alkyl halides is 3. The fraction of sp³-hybridized carbons (Fsp3) is 0.474. The summed E-state index contributed by atoms with van der Waals surface area (Å²) in [5, 5.41) is 29.8. The van der Waals surface area contributed by atoms with Crippen LogP contribution in [0.25, 0.3) is 0 Å². The van der Waals surface area contributed by atoms with E-state index in [0.717, 1.165) is 12.1 Å². The molecule has 3 N–H and O–H groups in total. The Morgan fingerprint density at radius 2 is 1.97 bits per heavy atom. The van der Waals surface area contributed by atoms with Crippen molar-refractivity contribution in [2.45, 2.75) is 57.1 Å². The highest BCUT2D eigenvalue weighted by Gasteiger charge is 2.41. The Balaban J connectivity index is 1.53. The zero-order chi connectivity index (χ0) is 21.5. The number of aromatic amines is 1. The van der Waals surface area contributed by atoms with Crippen molar-refractivity contribution in [1.82, 2.24) is 35.5 Å². The van der Waals surface area contributed by atoms with Gasteiger partial charge in [-0.05, 0) is 38.0 Å². The minimum absolute atomic E-state index is 0.0724. The fourth-order valence-corrected chi connectivity index (χ4v) is 3.94. The number of rotatable bonds is 4. The summed E-state index contributed by atoms with van der Waals surface area (Å²) in [7, 11) is 0. The molecule has 4 rings (SSSR count). The molecule has 1 unspecified atom stereocenters. The van der Waals surface area contributed by atoms with Crippen LogP contribution in [0, 0.1) is 6.92 Å². The molecule has 2 aromatic heterocycles. The number of aryl methyl sites for hydroxylation is 1. The Morgan fingerprint density at radius 1 is 1.23 bits per heavy atom. The number of benzene rings is 1. The van der Waals surface area contributed by atoms with E-state index in [9.17, 15) is 18.3 Å². The molecule has 3 aromatic rings. The molecular weight excluding hydrogens is 399 g/mol. The summed E-state index contributed by atoms with van der Waals surface area (Å²) in [6, 6.07) is 4.33. The van der Waals surface area contributed by atoms with Gasteiger partial charge >= 0.3 is 6.18 Å². The lowest BCUT2D eigenvalue weighted by molar-refractivity contribution is -0.137. The van der Waals surface area contributed by atoms with E-state index in [4.69, 9.17) is 0 Å². The van der Waals surface area contributed by atoms with Crippen LogP contribution in [0.1, 0.15) is 54.3 Å². The number of nitrogens with one attached hydrogen (secondary N) is 2. The molecule has 0 bridgehead atoms. The second-order valence-electron chi connectivity index (χ2n) is 7.81. The largest absolute Gasteiger partial charge is 0.416 e. The van der Waals surface area contributed by atoms with Gasteiger partial charge in [-0.25, -0.2) is 9.67 Å². The molecule has 11 heteroatoms. The third-order valence-electron chi connectivity index (χ3n) is 5.28. The molecule has 0 radical (unpaired) electrons. The van der Waals surface area contributed by atoms with Crippen molar-refractivity contribution in [2.75, 3.05) is 0 Å². The van der Waals surface area contributed by atoms with Crippen LogP contribution < -0.4 is 5.32 Å². The second-order valence-corrected chi connectivity index (χ2v) is 7.81. The standard InChI is InChI=1S/C19H22F3N7O/c1-11-7-18(30,13-3-5-14(6-4-13)19(20,21)22)8-15(23-11)16-9-29(28-26-16)10-17-24-12(2)25-27-17/h3-6,9,11,15,23,30H,7-8,10H2,1-2H3,(H,24,25,27)/t11-,15-,18?/m0/s1. The first-order valence-electron chi connectivity index (χ1n) is 9.56. The van der Waals surface area contributed by atoms with E-state index >= 15 is 0 Å². The van der Waals surface area contributed by atoms with Crippen molar-refractivity contribution >= 4 is 0 Å². The van der Waals surface area contributed by atoms with Crippen molar-refractivity contribution < 1.29 is 18.3 Å². The van der Waals surface area contributed by atoms with Gasteiger partial charge in [0.25, 0.3) is 0 Å². The Morgan fingerprint density at radius 3 is 2.60 bits per heavy atom. The van der Waals surface area contributed by atoms with Crippen molar-refractivity contribution in [3.63, 3.8) is 0 Å². The lowest BCUT2D eigenvalue weighted by Gasteiger charge is -2.40. The number of halogens is 3.